The second kappa shape index (κ2) is 9.48. The number of benzene rings is 1. The van der Waals surface area contributed by atoms with E-state index in [1.165, 1.54) is 18.9 Å². The van der Waals surface area contributed by atoms with Crippen molar-refractivity contribution in [3.63, 3.8) is 0 Å². The van der Waals surface area contributed by atoms with Crippen molar-refractivity contribution in [2.75, 3.05) is 34.4 Å². The van der Waals surface area contributed by atoms with E-state index in [-0.39, 0.29) is 17.1 Å². The second-order valence-corrected chi connectivity index (χ2v) is 6.24. The predicted molar refractivity (Wildman–Crippen MR) is 87.2 cm³/mol. The minimum absolute atomic E-state index is 0.0590. The van der Waals surface area contributed by atoms with Crippen LogP contribution in [0.25, 0.3) is 0 Å². The van der Waals surface area contributed by atoms with Crippen molar-refractivity contribution in [1.82, 2.24) is 4.90 Å². The van der Waals surface area contributed by atoms with Gasteiger partial charge in [0.15, 0.2) is 0 Å². The molecule has 1 atom stereocenters. The number of methoxy groups -OCH3 is 2. The Balaban J connectivity index is 2.82. The van der Waals surface area contributed by atoms with E-state index in [2.05, 4.69) is 0 Å². The first-order chi connectivity index (χ1) is 10.5. The zero-order chi connectivity index (χ0) is 16.5. The Morgan fingerprint density at radius 2 is 1.95 bits per heavy atom. The fraction of sp³-hybridized carbons (Fsp3) is 0.500. The van der Waals surface area contributed by atoms with Crippen LogP contribution in [0.3, 0.4) is 0 Å². The molecule has 5 nitrogen and oxygen atoms in total. The first-order valence-electron chi connectivity index (χ1n) is 7.09. The summed E-state index contributed by atoms with van der Waals surface area (Å²) in [6.07, 6.45) is 0.784. The number of carbonyl (C=O) groups excluding carboxylic acids is 2. The number of thioether (sulfide) groups is 1. The lowest BCUT2D eigenvalue weighted by Crippen LogP contribution is -2.29. The summed E-state index contributed by atoms with van der Waals surface area (Å²) in [7, 11) is 4.77. The number of hydrogen-bond donors (Lipinski definition) is 0. The summed E-state index contributed by atoms with van der Waals surface area (Å²) < 4.78 is 9.73. The third-order valence-electron chi connectivity index (χ3n) is 3.14. The summed E-state index contributed by atoms with van der Waals surface area (Å²) in [4.78, 5) is 26.5. The number of nitrogens with zero attached hydrogens (tertiary/aromatic N) is 1. The van der Waals surface area contributed by atoms with E-state index >= 15 is 0 Å². The number of amides is 1. The molecule has 1 aromatic carbocycles. The molecule has 0 heterocycles. The minimum Gasteiger partial charge on any atom is -0.468 e. The van der Waals surface area contributed by atoms with Gasteiger partial charge in [-0.3, -0.25) is 9.59 Å². The highest BCUT2D eigenvalue weighted by Gasteiger charge is 2.20. The number of hydrogen-bond acceptors (Lipinski definition) is 5. The Morgan fingerprint density at radius 3 is 2.59 bits per heavy atom. The summed E-state index contributed by atoms with van der Waals surface area (Å²) in [5.74, 6) is -0.364. The highest BCUT2D eigenvalue weighted by atomic mass is 32.2. The maximum Gasteiger partial charge on any atom is 0.318 e. The summed E-state index contributed by atoms with van der Waals surface area (Å²) in [6.45, 7) is 3.01. The molecule has 0 radical (unpaired) electrons. The summed E-state index contributed by atoms with van der Waals surface area (Å²) in [6, 6.07) is 7.30. The molecule has 0 aliphatic carbocycles. The van der Waals surface area contributed by atoms with Gasteiger partial charge in [-0.15, -0.1) is 11.8 Å². The molecule has 6 heteroatoms. The van der Waals surface area contributed by atoms with Crippen LogP contribution in [0.2, 0.25) is 0 Å². The van der Waals surface area contributed by atoms with Crippen LogP contribution in [0.4, 0.5) is 0 Å². The molecule has 1 unspecified atom stereocenters. The van der Waals surface area contributed by atoms with Crippen molar-refractivity contribution in [1.29, 1.82) is 0 Å². The van der Waals surface area contributed by atoms with Gasteiger partial charge in [0.25, 0.3) is 5.91 Å². The molecule has 0 bridgehead atoms. The Kier molecular flexibility index (Phi) is 7.98. The smallest absolute Gasteiger partial charge is 0.318 e. The van der Waals surface area contributed by atoms with Crippen LogP contribution in [0.5, 0.6) is 0 Å². The van der Waals surface area contributed by atoms with Crippen molar-refractivity contribution >= 4 is 23.6 Å². The van der Waals surface area contributed by atoms with Gasteiger partial charge in [-0.05, 0) is 25.5 Å². The van der Waals surface area contributed by atoms with Gasteiger partial charge in [0, 0.05) is 32.2 Å². The first kappa shape index (κ1) is 18.5. The zero-order valence-corrected chi connectivity index (χ0v) is 14.3. The molecule has 0 aliphatic heterocycles. The van der Waals surface area contributed by atoms with Crippen LogP contribution in [-0.2, 0) is 14.3 Å². The molecule has 0 saturated carbocycles. The van der Waals surface area contributed by atoms with Crippen LogP contribution < -0.4 is 0 Å². The average molecular weight is 325 g/mol. The molecular weight excluding hydrogens is 302 g/mol. The van der Waals surface area contributed by atoms with Gasteiger partial charge in [0.05, 0.1) is 12.7 Å². The largest absolute Gasteiger partial charge is 0.468 e. The molecule has 1 aromatic rings. The van der Waals surface area contributed by atoms with Gasteiger partial charge in [-0.25, -0.2) is 0 Å². The first-order valence-corrected chi connectivity index (χ1v) is 7.97. The molecule has 0 fully saturated rings. The van der Waals surface area contributed by atoms with Gasteiger partial charge in [-0.1, -0.05) is 12.1 Å². The molecule has 1 amide bonds. The van der Waals surface area contributed by atoms with Crippen LogP contribution in [0.15, 0.2) is 29.2 Å². The van der Waals surface area contributed by atoms with Gasteiger partial charge in [0.2, 0.25) is 0 Å². The quantitative estimate of drug-likeness (QED) is 0.417. The highest BCUT2D eigenvalue weighted by Crippen LogP contribution is 2.28. The lowest BCUT2D eigenvalue weighted by atomic mass is 10.2. The van der Waals surface area contributed by atoms with Gasteiger partial charge < -0.3 is 14.4 Å². The summed E-state index contributed by atoms with van der Waals surface area (Å²) in [5.41, 5.74) is 0.600. The third-order valence-corrected chi connectivity index (χ3v) is 4.30. The van der Waals surface area contributed by atoms with Crippen LogP contribution in [-0.4, -0.2) is 56.4 Å². The topological polar surface area (TPSA) is 55.8 Å². The van der Waals surface area contributed by atoms with Crippen molar-refractivity contribution in [2.45, 2.75) is 23.5 Å². The summed E-state index contributed by atoms with van der Waals surface area (Å²) in [5, 5.41) is -0.363. The van der Waals surface area contributed by atoms with Crippen LogP contribution >= 0.6 is 11.8 Å². The maximum absolute atomic E-state index is 12.5. The SMILES string of the molecule is COCCCN(C)C(=O)c1ccccc1SC(C)C(=O)OC. The summed E-state index contributed by atoms with van der Waals surface area (Å²) >= 11 is 1.33. The van der Waals surface area contributed by atoms with Crippen LogP contribution in [0, 0.1) is 0 Å². The Morgan fingerprint density at radius 1 is 1.27 bits per heavy atom. The van der Waals surface area contributed by atoms with E-state index in [4.69, 9.17) is 9.47 Å². The molecule has 0 saturated heterocycles. The van der Waals surface area contributed by atoms with E-state index in [9.17, 15) is 9.59 Å². The second-order valence-electron chi connectivity index (χ2n) is 4.85. The maximum atomic E-state index is 12.5. The Bertz CT molecular complexity index is 507. The lowest BCUT2D eigenvalue weighted by molar-refractivity contribution is -0.139. The van der Waals surface area contributed by atoms with E-state index < -0.39 is 0 Å². The Hall–Kier alpha value is -1.53. The predicted octanol–water partition coefficient (Wildman–Crippen LogP) is 2.45. The standard InChI is InChI=1S/C16H23NO4S/c1-12(16(19)21-4)22-14-9-6-5-8-13(14)15(18)17(2)10-7-11-20-3/h5-6,8-9,12H,7,10-11H2,1-4H3. The van der Waals surface area contributed by atoms with Gasteiger partial charge in [0.1, 0.15) is 5.25 Å². The third kappa shape index (κ3) is 5.35. The monoisotopic (exact) mass is 325 g/mol. The lowest BCUT2D eigenvalue weighted by Gasteiger charge is -2.19. The number of esters is 1. The fourth-order valence-corrected chi connectivity index (χ4v) is 2.92. The Labute approximate surface area is 136 Å². The molecule has 0 aromatic heterocycles. The number of rotatable bonds is 8. The molecule has 0 aliphatic rings. The van der Waals surface area contributed by atoms with Crippen molar-refractivity contribution < 1.29 is 19.1 Å². The van der Waals surface area contributed by atoms with Crippen molar-refractivity contribution in [2.24, 2.45) is 0 Å². The fourth-order valence-electron chi connectivity index (χ4n) is 1.90. The van der Waals surface area contributed by atoms with E-state index in [0.29, 0.717) is 18.7 Å². The van der Waals surface area contributed by atoms with E-state index in [0.717, 1.165) is 11.3 Å². The van der Waals surface area contributed by atoms with Crippen molar-refractivity contribution in [3.05, 3.63) is 29.8 Å². The van der Waals surface area contributed by atoms with E-state index in [1.807, 2.05) is 18.2 Å². The molecular formula is C16H23NO4S. The number of carbonyl (C=O) groups is 2. The molecule has 0 spiro atoms. The molecule has 22 heavy (non-hydrogen) atoms. The highest BCUT2D eigenvalue weighted by molar-refractivity contribution is 8.00. The molecule has 122 valence electrons. The normalized spacial score (nSPS) is 11.8. The zero-order valence-electron chi connectivity index (χ0n) is 13.5. The number of ether oxygens (including phenoxy) is 2. The van der Waals surface area contributed by atoms with Gasteiger partial charge >= 0.3 is 5.97 Å². The van der Waals surface area contributed by atoms with Crippen LogP contribution in [0.1, 0.15) is 23.7 Å². The van der Waals surface area contributed by atoms with Gasteiger partial charge in [-0.2, -0.15) is 0 Å². The minimum atomic E-state index is -0.363. The molecule has 1 rings (SSSR count). The average Bonchev–Trinajstić information content (AvgIpc) is 2.53. The molecule has 0 N–H and O–H groups in total. The van der Waals surface area contributed by atoms with Crippen molar-refractivity contribution in [3.8, 4) is 0 Å². The van der Waals surface area contributed by atoms with E-state index in [1.54, 1.807) is 32.0 Å².